The average molecular weight is 295 g/mol. The minimum atomic E-state index is -0.370. The maximum absolute atomic E-state index is 13.1. The third kappa shape index (κ3) is 2.93. The number of rotatable bonds is 3. The predicted molar refractivity (Wildman–Crippen MR) is 64.2 cm³/mol. The van der Waals surface area contributed by atoms with Crippen molar-refractivity contribution in [3.8, 4) is 0 Å². The molecular weight excluding hydrogens is 284 g/mol. The Morgan fingerprint density at radius 1 is 1.60 bits per heavy atom. The van der Waals surface area contributed by atoms with Gasteiger partial charge in [0.1, 0.15) is 5.82 Å². The largest absolute Gasteiger partial charge is 0.279 e. The van der Waals surface area contributed by atoms with Crippen LogP contribution < -0.4 is 5.48 Å². The standard InChI is InChI=1S/C10H10BrClFNO/c1-3-8(12)10-7(11)4-6(13)5-9(10)14-15-2/h3-5,14H,1-2H3/b8-3+. The van der Waals surface area contributed by atoms with E-state index >= 15 is 0 Å². The van der Waals surface area contributed by atoms with Gasteiger partial charge >= 0.3 is 0 Å². The lowest BCUT2D eigenvalue weighted by molar-refractivity contribution is 0.270. The van der Waals surface area contributed by atoms with E-state index in [1.807, 2.05) is 0 Å². The summed E-state index contributed by atoms with van der Waals surface area (Å²) in [5.74, 6) is -0.370. The van der Waals surface area contributed by atoms with Crippen molar-refractivity contribution in [2.75, 3.05) is 12.6 Å². The molecule has 0 fully saturated rings. The van der Waals surface area contributed by atoms with Crippen LogP contribution in [0.4, 0.5) is 10.1 Å². The Bertz CT molecular complexity index is 395. The van der Waals surface area contributed by atoms with Gasteiger partial charge in [0, 0.05) is 21.1 Å². The number of halogens is 3. The molecule has 82 valence electrons. The first-order valence-corrected chi connectivity index (χ1v) is 5.37. The van der Waals surface area contributed by atoms with E-state index in [0.717, 1.165) is 0 Å². The molecular formula is C10H10BrClFNO. The zero-order valence-corrected chi connectivity index (χ0v) is 10.6. The molecule has 0 radical (unpaired) electrons. The molecule has 0 saturated carbocycles. The molecule has 0 aliphatic heterocycles. The van der Waals surface area contributed by atoms with Gasteiger partial charge in [-0.25, -0.2) is 4.39 Å². The second-order valence-electron chi connectivity index (χ2n) is 2.75. The van der Waals surface area contributed by atoms with Crippen molar-refractivity contribution >= 4 is 38.3 Å². The number of hydrogen-bond donors (Lipinski definition) is 1. The summed E-state index contributed by atoms with van der Waals surface area (Å²) in [6.07, 6.45) is 1.72. The molecule has 0 bridgehead atoms. The maximum Gasteiger partial charge on any atom is 0.126 e. The van der Waals surface area contributed by atoms with E-state index in [9.17, 15) is 4.39 Å². The van der Waals surface area contributed by atoms with Gasteiger partial charge in [-0.15, -0.1) is 0 Å². The zero-order chi connectivity index (χ0) is 11.4. The number of hydrogen-bond acceptors (Lipinski definition) is 2. The summed E-state index contributed by atoms with van der Waals surface area (Å²) in [6.45, 7) is 1.80. The average Bonchev–Trinajstić information content (AvgIpc) is 2.16. The highest BCUT2D eigenvalue weighted by molar-refractivity contribution is 9.10. The van der Waals surface area contributed by atoms with Crippen LogP contribution in [0.25, 0.3) is 5.03 Å². The summed E-state index contributed by atoms with van der Waals surface area (Å²) in [7, 11) is 1.45. The number of benzene rings is 1. The Balaban J connectivity index is 3.33. The lowest BCUT2D eigenvalue weighted by Gasteiger charge is -2.11. The molecule has 2 nitrogen and oxygen atoms in total. The number of allylic oxidation sites excluding steroid dienone is 1. The SMILES string of the molecule is C/C=C(/Cl)c1c(Br)cc(F)cc1NOC. The minimum absolute atomic E-state index is 0.370. The second-order valence-corrected chi connectivity index (χ2v) is 4.01. The lowest BCUT2D eigenvalue weighted by Crippen LogP contribution is -2.00. The van der Waals surface area contributed by atoms with Crippen LogP contribution in [0.1, 0.15) is 12.5 Å². The van der Waals surface area contributed by atoms with Gasteiger partial charge in [0.05, 0.1) is 12.8 Å². The highest BCUT2D eigenvalue weighted by Crippen LogP contribution is 2.34. The van der Waals surface area contributed by atoms with Crippen molar-refractivity contribution in [3.63, 3.8) is 0 Å². The monoisotopic (exact) mass is 293 g/mol. The van der Waals surface area contributed by atoms with E-state index in [1.165, 1.54) is 19.2 Å². The Kier molecular flexibility index (Phi) is 4.57. The fraction of sp³-hybridized carbons (Fsp3) is 0.200. The first-order valence-electron chi connectivity index (χ1n) is 4.20. The van der Waals surface area contributed by atoms with Crippen LogP contribution in [0.5, 0.6) is 0 Å². The van der Waals surface area contributed by atoms with E-state index in [1.54, 1.807) is 13.0 Å². The van der Waals surface area contributed by atoms with Gasteiger partial charge in [0.15, 0.2) is 0 Å². The van der Waals surface area contributed by atoms with Gasteiger partial charge in [0.25, 0.3) is 0 Å². The molecule has 0 heterocycles. The van der Waals surface area contributed by atoms with Gasteiger partial charge in [-0.1, -0.05) is 17.7 Å². The molecule has 1 aromatic rings. The van der Waals surface area contributed by atoms with Crippen LogP contribution in [0.2, 0.25) is 0 Å². The van der Waals surface area contributed by atoms with E-state index in [0.29, 0.717) is 20.8 Å². The van der Waals surface area contributed by atoms with Crippen molar-refractivity contribution in [1.29, 1.82) is 0 Å². The minimum Gasteiger partial charge on any atom is -0.279 e. The molecule has 0 unspecified atom stereocenters. The van der Waals surface area contributed by atoms with Crippen molar-refractivity contribution in [2.45, 2.75) is 6.92 Å². The van der Waals surface area contributed by atoms with Crippen LogP contribution in [0.15, 0.2) is 22.7 Å². The lowest BCUT2D eigenvalue weighted by atomic mass is 10.1. The predicted octanol–water partition coefficient (Wildman–Crippen LogP) is 4.16. The molecule has 1 rings (SSSR count). The first-order chi connectivity index (χ1) is 7.10. The third-order valence-corrected chi connectivity index (χ3v) is 2.79. The van der Waals surface area contributed by atoms with Gasteiger partial charge < -0.3 is 0 Å². The topological polar surface area (TPSA) is 21.3 Å². The second kappa shape index (κ2) is 5.49. The van der Waals surface area contributed by atoms with Crippen molar-refractivity contribution in [2.24, 2.45) is 0 Å². The van der Waals surface area contributed by atoms with Crippen molar-refractivity contribution in [3.05, 3.63) is 34.1 Å². The number of anilines is 1. The van der Waals surface area contributed by atoms with Crippen molar-refractivity contribution < 1.29 is 9.23 Å². The van der Waals surface area contributed by atoms with Gasteiger partial charge in [-0.2, -0.15) is 0 Å². The molecule has 1 N–H and O–H groups in total. The molecule has 5 heteroatoms. The fourth-order valence-corrected chi connectivity index (χ4v) is 2.11. The number of nitrogens with one attached hydrogen (secondary N) is 1. The Morgan fingerprint density at radius 3 is 2.80 bits per heavy atom. The van der Waals surface area contributed by atoms with Crippen LogP contribution >= 0.6 is 27.5 Å². The summed E-state index contributed by atoms with van der Waals surface area (Å²) in [4.78, 5) is 4.75. The first kappa shape index (κ1) is 12.5. The van der Waals surface area contributed by atoms with Crippen LogP contribution in [0.3, 0.4) is 0 Å². The molecule has 0 aliphatic carbocycles. The highest BCUT2D eigenvalue weighted by atomic mass is 79.9. The molecule has 0 aliphatic rings. The zero-order valence-electron chi connectivity index (χ0n) is 8.27. The highest BCUT2D eigenvalue weighted by Gasteiger charge is 2.12. The molecule has 1 aromatic carbocycles. The van der Waals surface area contributed by atoms with Gasteiger partial charge in [0.2, 0.25) is 0 Å². The Morgan fingerprint density at radius 2 is 2.27 bits per heavy atom. The fourth-order valence-electron chi connectivity index (χ4n) is 1.15. The molecule has 0 aromatic heterocycles. The normalized spacial score (nSPS) is 11.7. The summed E-state index contributed by atoms with van der Waals surface area (Å²) < 4.78 is 13.7. The smallest absolute Gasteiger partial charge is 0.126 e. The molecule has 0 atom stereocenters. The van der Waals surface area contributed by atoms with E-state index in [2.05, 4.69) is 21.4 Å². The quantitative estimate of drug-likeness (QED) is 0.845. The van der Waals surface area contributed by atoms with Gasteiger partial charge in [-0.05, 0) is 28.9 Å². The van der Waals surface area contributed by atoms with Crippen LogP contribution in [-0.2, 0) is 4.84 Å². The van der Waals surface area contributed by atoms with E-state index in [-0.39, 0.29) is 5.82 Å². The van der Waals surface area contributed by atoms with Crippen LogP contribution in [-0.4, -0.2) is 7.11 Å². The molecule has 0 saturated heterocycles. The summed E-state index contributed by atoms with van der Waals surface area (Å²) >= 11 is 9.25. The summed E-state index contributed by atoms with van der Waals surface area (Å²) in [5.41, 5.74) is 3.73. The van der Waals surface area contributed by atoms with Crippen molar-refractivity contribution in [1.82, 2.24) is 0 Å². The van der Waals surface area contributed by atoms with E-state index in [4.69, 9.17) is 16.4 Å². The Hall–Kier alpha value is -0.580. The third-order valence-electron chi connectivity index (χ3n) is 1.76. The maximum atomic E-state index is 13.1. The molecule has 0 amide bonds. The molecule has 0 spiro atoms. The van der Waals surface area contributed by atoms with E-state index < -0.39 is 0 Å². The van der Waals surface area contributed by atoms with Crippen LogP contribution in [0, 0.1) is 5.82 Å². The molecule has 15 heavy (non-hydrogen) atoms. The Labute approximate surface area is 101 Å². The summed E-state index contributed by atoms with van der Waals surface area (Å²) in [6, 6.07) is 2.66. The summed E-state index contributed by atoms with van der Waals surface area (Å²) in [5, 5.41) is 0.515. The van der Waals surface area contributed by atoms with Gasteiger partial charge in [-0.3, -0.25) is 10.3 Å².